The van der Waals surface area contributed by atoms with Crippen molar-refractivity contribution in [3.8, 4) is 5.75 Å². The molecule has 17 heavy (non-hydrogen) atoms. The maximum Gasteiger partial charge on any atom is 0.150 e. The zero-order valence-corrected chi connectivity index (χ0v) is 9.86. The van der Waals surface area contributed by atoms with Crippen LogP contribution in [-0.2, 0) is 0 Å². The van der Waals surface area contributed by atoms with Crippen LogP contribution in [0.3, 0.4) is 0 Å². The summed E-state index contributed by atoms with van der Waals surface area (Å²) < 4.78 is 19.2. The van der Waals surface area contributed by atoms with Gasteiger partial charge >= 0.3 is 0 Å². The Labute approximate surface area is 101 Å². The van der Waals surface area contributed by atoms with E-state index in [1.165, 1.54) is 6.07 Å². The first-order valence-electron chi connectivity index (χ1n) is 6.10. The number of hydrogen-bond acceptors (Lipinski definition) is 3. The molecule has 1 aromatic rings. The van der Waals surface area contributed by atoms with Crippen molar-refractivity contribution in [2.75, 3.05) is 31.2 Å². The Morgan fingerprint density at radius 3 is 3.00 bits per heavy atom. The normalized spacial score (nSPS) is 14.4. The fourth-order valence-electron chi connectivity index (χ4n) is 2.11. The molecule has 3 nitrogen and oxygen atoms in total. The molecule has 1 aromatic carbocycles. The van der Waals surface area contributed by atoms with Crippen molar-refractivity contribution in [2.24, 2.45) is 0 Å². The third kappa shape index (κ3) is 2.88. The van der Waals surface area contributed by atoms with Gasteiger partial charge in [-0.05, 0) is 31.4 Å². The van der Waals surface area contributed by atoms with E-state index in [2.05, 4.69) is 0 Å². The van der Waals surface area contributed by atoms with Crippen molar-refractivity contribution in [3.05, 3.63) is 24.0 Å². The summed E-state index contributed by atoms with van der Waals surface area (Å²) >= 11 is 0. The lowest BCUT2D eigenvalue weighted by Crippen LogP contribution is -2.34. The van der Waals surface area contributed by atoms with E-state index in [-0.39, 0.29) is 12.4 Å². The van der Waals surface area contributed by atoms with Crippen LogP contribution in [-0.4, -0.2) is 31.4 Å². The van der Waals surface area contributed by atoms with E-state index in [9.17, 15) is 4.39 Å². The summed E-state index contributed by atoms with van der Waals surface area (Å²) in [6, 6.07) is 4.94. The van der Waals surface area contributed by atoms with Crippen molar-refractivity contribution in [1.82, 2.24) is 0 Å². The number of nitrogens with zero attached hydrogens (tertiary/aromatic N) is 1. The number of halogens is 1. The molecule has 0 bridgehead atoms. The third-order valence-corrected chi connectivity index (χ3v) is 2.97. The Kier molecular flexibility index (Phi) is 4.20. The van der Waals surface area contributed by atoms with Gasteiger partial charge in [0.15, 0.2) is 0 Å². The predicted molar refractivity (Wildman–Crippen MR) is 65.0 cm³/mol. The van der Waals surface area contributed by atoms with E-state index in [4.69, 9.17) is 9.84 Å². The van der Waals surface area contributed by atoms with E-state index < -0.39 is 0 Å². The molecule has 0 amide bonds. The number of fused-ring (bicyclic) bond motifs is 1. The summed E-state index contributed by atoms with van der Waals surface area (Å²) in [6.45, 7) is 2.38. The van der Waals surface area contributed by atoms with Gasteiger partial charge in [0.2, 0.25) is 0 Å². The van der Waals surface area contributed by atoms with Gasteiger partial charge in [-0.15, -0.1) is 0 Å². The minimum Gasteiger partial charge on any atom is -0.489 e. The number of benzene rings is 1. The fourth-order valence-corrected chi connectivity index (χ4v) is 2.11. The van der Waals surface area contributed by atoms with Crippen molar-refractivity contribution in [1.29, 1.82) is 0 Å². The van der Waals surface area contributed by atoms with Gasteiger partial charge in [-0.1, -0.05) is 6.07 Å². The highest BCUT2D eigenvalue weighted by Gasteiger charge is 2.20. The van der Waals surface area contributed by atoms with E-state index in [0.29, 0.717) is 18.0 Å². The molecule has 1 aliphatic heterocycles. The van der Waals surface area contributed by atoms with Crippen LogP contribution in [0.1, 0.15) is 19.3 Å². The summed E-state index contributed by atoms with van der Waals surface area (Å²) in [5.74, 6) is 0.419. The van der Waals surface area contributed by atoms with Crippen LogP contribution in [0.2, 0.25) is 0 Å². The molecule has 1 heterocycles. The number of hydrogen-bond donors (Lipinski definition) is 1. The second-order valence-corrected chi connectivity index (χ2v) is 4.21. The lowest BCUT2D eigenvalue weighted by atomic mass is 10.2. The number of para-hydroxylation sites is 1. The molecule has 0 radical (unpaired) electrons. The number of unbranched alkanes of at least 4 members (excludes halogenated alkanes) is 2. The van der Waals surface area contributed by atoms with Gasteiger partial charge in [0.1, 0.15) is 23.9 Å². The quantitative estimate of drug-likeness (QED) is 0.799. The summed E-state index contributed by atoms with van der Waals surface area (Å²) in [5, 5.41) is 8.71. The second-order valence-electron chi connectivity index (χ2n) is 4.21. The highest BCUT2D eigenvalue weighted by molar-refractivity contribution is 5.60. The van der Waals surface area contributed by atoms with Gasteiger partial charge in [-0.3, -0.25) is 0 Å². The third-order valence-electron chi connectivity index (χ3n) is 2.97. The molecule has 94 valence electrons. The first-order chi connectivity index (χ1) is 8.33. The van der Waals surface area contributed by atoms with Crippen LogP contribution in [0.15, 0.2) is 18.2 Å². The van der Waals surface area contributed by atoms with Crippen molar-refractivity contribution in [2.45, 2.75) is 19.3 Å². The van der Waals surface area contributed by atoms with E-state index >= 15 is 0 Å². The molecular weight excluding hydrogens is 221 g/mol. The average Bonchev–Trinajstić information content (AvgIpc) is 2.35. The van der Waals surface area contributed by atoms with Crippen LogP contribution in [0.25, 0.3) is 0 Å². The number of aliphatic hydroxyl groups excluding tert-OH is 1. The molecule has 1 N–H and O–H groups in total. The van der Waals surface area contributed by atoms with E-state index in [0.717, 1.165) is 32.4 Å². The van der Waals surface area contributed by atoms with Gasteiger partial charge in [0, 0.05) is 13.2 Å². The molecule has 4 heteroatoms. The van der Waals surface area contributed by atoms with E-state index in [1.54, 1.807) is 12.1 Å². The average molecular weight is 239 g/mol. The lowest BCUT2D eigenvalue weighted by molar-refractivity contribution is 0.281. The molecule has 0 atom stereocenters. The van der Waals surface area contributed by atoms with Crippen LogP contribution < -0.4 is 9.64 Å². The Morgan fingerprint density at radius 2 is 2.18 bits per heavy atom. The van der Waals surface area contributed by atoms with Crippen LogP contribution in [0.5, 0.6) is 5.75 Å². The minimum absolute atomic E-state index is 0.218. The summed E-state index contributed by atoms with van der Waals surface area (Å²) in [4.78, 5) is 2.03. The molecule has 0 aromatic heterocycles. The first-order valence-corrected chi connectivity index (χ1v) is 6.10. The van der Waals surface area contributed by atoms with Crippen molar-refractivity contribution in [3.63, 3.8) is 0 Å². The van der Waals surface area contributed by atoms with Gasteiger partial charge in [0.25, 0.3) is 0 Å². The smallest absolute Gasteiger partial charge is 0.150 e. The standard InChI is InChI=1S/C13H18FNO2/c14-11-5-4-6-12-13(11)15(8-10-17-12)7-2-1-3-9-16/h4-6,16H,1-3,7-10H2. The molecule has 0 saturated carbocycles. The van der Waals surface area contributed by atoms with Gasteiger partial charge in [-0.2, -0.15) is 0 Å². The number of anilines is 1. The molecule has 1 aliphatic rings. The van der Waals surface area contributed by atoms with Crippen LogP contribution in [0.4, 0.5) is 10.1 Å². The molecule has 0 aliphatic carbocycles. The Hall–Kier alpha value is -1.29. The van der Waals surface area contributed by atoms with Crippen LogP contribution in [0, 0.1) is 5.82 Å². The largest absolute Gasteiger partial charge is 0.489 e. The molecule has 2 rings (SSSR count). The number of ether oxygens (including phenoxy) is 1. The number of aliphatic hydroxyl groups is 1. The SMILES string of the molecule is OCCCCCN1CCOc2cccc(F)c21. The van der Waals surface area contributed by atoms with Gasteiger partial charge < -0.3 is 14.7 Å². The highest BCUT2D eigenvalue weighted by atomic mass is 19.1. The zero-order chi connectivity index (χ0) is 12.1. The zero-order valence-electron chi connectivity index (χ0n) is 9.86. The maximum atomic E-state index is 13.7. The van der Waals surface area contributed by atoms with Crippen LogP contribution >= 0.6 is 0 Å². The Morgan fingerprint density at radius 1 is 1.29 bits per heavy atom. The molecule has 0 saturated heterocycles. The molecule has 0 fully saturated rings. The Balaban J connectivity index is 2.01. The van der Waals surface area contributed by atoms with Crippen molar-refractivity contribution >= 4 is 5.69 Å². The topological polar surface area (TPSA) is 32.7 Å². The maximum absolute atomic E-state index is 13.7. The fraction of sp³-hybridized carbons (Fsp3) is 0.538. The second kappa shape index (κ2) is 5.87. The summed E-state index contributed by atoms with van der Waals surface area (Å²) in [5.41, 5.74) is 0.586. The van der Waals surface area contributed by atoms with E-state index in [1.807, 2.05) is 4.90 Å². The van der Waals surface area contributed by atoms with Crippen molar-refractivity contribution < 1.29 is 14.2 Å². The van der Waals surface area contributed by atoms with Gasteiger partial charge in [-0.25, -0.2) is 4.39 Å². The summed E-state index contributed by atoms with van der Waals surface area (Å²) in [6.07, 6.45) is 2.75. The summed E-state index contributed by atoms with van der Waals surface area (Å²) in [7, 11) is 0. The number of rotatable bonds is 5. The molecular formula is C13H18FNO2. The predicted octanol–water partition coefficient (Wildman–Crippen LogP) is 2.19. The minimum atomic E-state index is -0.218. The lowest BCUT2D eigenvalue weighted by Gasteiger charge is -2.31. The monoisotopic (exact) mass is 239 g/mol. The first kappa shape index (κ1) is 12.2. The molecule has 0 spiro atoms. The highest BCUT2D eigenvalue weighted by Crippen LogP contribution is 2.33. The molecule has 0 unspecified atom stereocenters. The van der Waals surface area contributed by atoms with Gasteiger partial charge in [0.05, 0.1) is 6.54 Å². The Bertz CT molecular complexity index is 370.